The molecule has 0 atom stereocenters. The molecule has 1 aromatic carbocycles. The second-order valence-corrected chi connectivity index (χ2v) is 6.48. The third-order valence-corrected chi connectivity index (χ3v) is 4.94. The fraction of sp³-hybridized carbons (Fsp3) is 0.667. The number of rotatable bonds is 6. The predicted molar refractivity (Wildman–Crippen MR) is 86.2 cm³/mol. The topological polar surface area (TPSA) is 15.3 Å². The number of benzene rings is 1. The van der Waals surface area contributed by atoms with Crippen LogP contribution >= 0.6 is 0 Å². The average molecular weight is 272 g/mol. The van der Waals surface area contributed by atoms with Crippen LogP contribution in [-0.2, 0) is 6.54 Å². The van der Waals surface area contributed by atoms with E-state index in [9.17, 15) is 0 Å². The van der Waals surface area contributed by atoms with Gasteiger partial charge in [-0.1, -0.05) is 31.4 Å². The van der Waals surface area contributed by atoms with Crippen LogP contribution in [0.4, 0.5) is 5.69 Å². The monoisotopic (exact) mass is 272 g/mol. The van der Waals surface area contributed by atoms with Crippen molar-refractivity contribution < 1.29 is 0 Å². The Kier molecular flexibility index (Phi) is 4.96. The van der Waals surface area contributed by atoms with Crippen LogP contribution in [0.1, 0.15) is 50.5 Å². The fourth-order valence-electron chi connectivity index (χ4n) is 3.30. The Labute approximate surface area is 123 Å². The first-order valence-electron chi connectivity index (χ1n) is 8.46. The Morgan fingerprint density at radius 3 is 2.35 bits per heavy atom. The fourth-order valence-corrected chi connectivity index (χ4v) is 3.30. The van der Waals surface area contributed by atoms with Gasteiger partial charge in [0.05, 0.1) is 0 Å². The molecular weight excluding hydrogens is 244 g/mol. The molecule has 1 aliphatic heterocycles. The summed E-state index contributed by atoms with van der Waals surface area (Å²) in [5, 5.41) is 3.59. The van der Waals surface area contributed by atoms with Crippen molar-refractivity contribution in [1.29, 1.82) is 0 Å². The van der Waals surface area contributed by atoms with Crippen LogP contribution in [0.15, 0.2) is 24.3 Å². The maximum Gasteiger partial charge on any atom is 0.0366 e. The second-order valence-electron chi connectivity index (χ2n) is 6.48. The van der Waals surface area contributed by atoms with Crippen molar-refractivity contribution in [1.82, 2.24) is 5.32 Å². The number of anilines is 1. The summed E-state index contributed by atoms with van der Waals surface area (Å²) in [4.78, 5) is 2.53. The van der Waals surface area contributed by atoms with Crippen LogP contribution in [0.5, 0.6) is 0 Å². The Hall–Kier alpha value is -1.02. The molecule has 0 aromatic heterocycles. The molecule has 20 heavy (non-hydrogen) atoms. The van der Waals surface area contributed by atoms with Crippen molar-refractivity contribution in [2.24, 2.45) is 5.92 Å². The molecule has 0 unspecified atom stereocenters. The molecule has 2 fully saturated rings. The summed E-state index contributed by atoms with van der Waals surface area (Å²) >= 11 is 0. The van der Waals surface area contributed by atoms with E-state index in [2.05, 4.69) is 34.5 Å². The van der Waals surface area contributed by atoms with Gasteiger partial charge in [-0.25, -0.2) is 0 Å². The predicted octanol–water partition coefficient (Wildman–Crippen LogP) is 3.96. The molecule has 2 aliphatic rings. The van der Waals surface area contributed by atoms with Crippen molar-refractivity contribution >= 4 is 5.69 Å². The first-order valence-corrected chi connectivity index (χ1v) is 8.46. The van der Waals surface area contributed by atoms with E-state index < -0.39 is 0 Å². The minimum absolute atomic E-state index is 1.02. The number of hydrogen-bond acceptors (Lipinski definition) is 2. The van der Waals surface area contributed by atoms with Crippen molar-refractivity contribution in [3.63, 3.8) is 0 Å². The van der Waals surface area contributed by atoms with Gasteiger partial charge in [0.2, 0.25) is 0 Å². The SMILES string of the molecule is c1cc(N2CCCCC2)ccc1CNCCC1CCC1. The van der Waals surface area contributed by atoms with E-state index in [0.717, 1.165) is 12.5 Å². The van der Waals surface area contributed by atoms with Gasteiger partial charge in [-0.3, -0.25) is 0 Å². The summed E-state index contributed by atoms with van der Waals surface area (Å²) in [5.74, 6) is 1.02. The van der Waals surface area contributed by atoms with E-state index in [1.54, 1.807) is 0 Å². The van der Waals surface area contributed by atoms with Gasteiger partial charge in [-0.05, 0) is 55.8 Å². The van der Waals surface area contributed by atoms with Gasteiger partial charge in [-0.2, -0.15) is 0 Å². The minimum atomic E-state index is 1.02. The number of nitrogens with zero attached hydrogens (tertiary/aromatic N) is 1. The normalized spacial score (nSPS) is 19.9. The maximum atomic E-state index is 3.59. The van der Waals surface area contributed by atoms with E-state index in [-0.39, 0.29) is 0 Å². The molecule has 1 heterocycles. The molecule has 1 saturated heterocycles. The van der Waals surface area contributed by atoms with E-state index in [1.165, 1.54) is 75.8 Å². The summed E-state index contributed by atoms with van der Waals surface area (Å²) in [7, 11) is 0. The molecule has 1 aliphatic carbocycles. The smallest absolute Gasteiger partial charge is 0.0366 e. The largest absolute Gasteiger partial charge is 0.372 e. The lowest BCUT2D eigenvalue weighted by Crippen LogP contribution is -2.29. The third-order valence-electron chi connectivity index (χ3n) is 4.94. The quantitative estimate of drug-likeness (QED) is 0.789. The van der Waals surface area contributed by atoms with Gasteiger partial charge in [0.15, 0.2) is 0 Å². The number of nitrogens with one attached hydrogen (secondary N) is 1. The van der Waals surface area contributed by atoms with Crippen LogP contribution in [-0.4, -0.2) is 19.6 Å². The molecule has 0 spiro atoms. The van der Waals surface area contributed by atoms with Crippen molar-refractivity contribution in [2.45, 2.75) is 51.5 Å². The van der Waals surface area contributed by atoms with Crippen molar-refractivity contribution in [3.8, 4) is 0 Å². The zero-order valence-corrected chi connectivity index (χ0v) is 12.6. The molecule has 1 aromatic rings. The first-order chi connectivity index (χ1) is 9.92. The van der Waals surface area contributed by atoms with Gasteiger partial charge < -0.3 is 10.2 Å². The molecule has 1 N–H and O–H groups in total. The van der Waals surface area contributed by atoms with E-state index >= 15 is 0 Å². The number of hydrogen-bond donors (Lipinski definition) is 1. The third kappa shape index (κ3) is 3.76. The Balaban J connectivity index is 1.40. The van der Waals surface area contributed by atoms with Gasteiger partial charge in [-0.15, -0.1) is 0 Å². The van der Waals surface area contributed by atoms with Crippen LogP contribution in [0.3, 0.4) is 0 Å². The summed E-state index contributed by atoms with van der Waals surface area (Å²) in [6, 6.07) is 9.18. The Morgan fingerprint density at radius 1 is 0.950 bits per heavy atom. The van der Waals surface area contributed by atoms with Crippen molar-refractivity contribution in [2.75, 3.05) is 24.5 Å². The molecule has 1 saturated carbocycles. The van der Waals surface area contributed by atoms with Crippen LogP contribution in [0.25, 0.3) is 0 Å². The zero-order chi connectivity index (χ0) is 13.6. The summed E-state index contributed by atoms with van der Waals surface area (Å²) < 4.78 is 0. The molecule has 3 rings (SSSR count). The van der Waals surface area contributed by atoms with Gasteiger partial charge in [0.25, 0.3) is 0 Å². The Bertz CT molecular complexity index is 388. The van der Waals surface area contributed by atoms with Crippen LogP contribution in [0.2, 0.25) is 0 Å². The molecule has 110 valence electrons. The molecular formula is C18H28N2. The van der Waals surface area contributed by atoms with Gasteiger partial charge >= 0.3 is 0 Å². The molecule has 2 nitrogen and oxygen atoms in total. The molecule has 0 amide bonds. The molecule has 0 radical (unpaired) electrons. The van der Waals surface area contributed by atoms with E-state index in [0.29, 0.717) is 0 Å². The average Bonchev–Trinajstić information content (AvgIpc) is 2.47. The van der Waals surface area contributed by atoms with Gasteiger partial charge in [0.1, 0.15) is 0 Å². The molecule has 2 heteroatoms. The lowest BCUT2D eigenvalue weighted by Gasteiger charge is -2.29. The maximum absolute atomic E-state index is 3.59. The summed E-state index contributed by atoms with van der Waals surface area (Å²) in [6.45, 7) is 4.67. The van der Waals surface area contributed by atoms with Crippen LogP contribution in [0, 0.1) is 5.92 Å². The highest BCUT2D eigenvalue weighted by molar-refractivity contribution is 5.47. The first kappa shape index (κ1) is 13.9. The lowest BCUT2D eigenvalue weighted by molar-refractivity contribution is 0.292. The van der Waals surface area contributed by atoms with E-state index in [4.69, 9.17) is 0 Å². The second kappa shape index (κ2) is 7.12. The highest BCUT2D eigenvalue weighted by Gasteiger charge is 2.16. The van der Waals surface area contributed by atoms with Crippen LogP contribution < -0.4 is 10.2 Å². The number of piperidine rings is 1. The summed E-state index contributed by atoms with van der Waals surface area (Å²) in [6.07, 6.45) is 9.86. The zero-order valence-electron chi connectivity index (χ0n) is 12.6. The van der Waals surface area contributed by atoms with Gasteiger partial charge in [0, 0.05) is 25.3 Å². The highest BCUT2D eigenvalue weighted by atomic mass is 15.1. The minimum Gasteiger partial charge on any atom is -0.372 e. The van der Waals surface area contributed by atoms with Crippen molar-refractivity contribution in [3.05, 3.63) is 29.8 Å². The van der Waals surface area contributed by atoms with E-state index in [1.807, 2.05) is 0 Å². The Morgan fingerprint density at radius 2 is 1.70 bits per heavy atom. The standard InChI is InChI=1S/C18H28N2/c1-2-13-20(14-3-1)18-9-7-17(8-10-18)15-19-12-11-16-5-4-6-16/h7-10,16,19H,1-6,11-15H2. The lowest BCUT2D eigenvalue weighted by atomic mass is 9.83. The highest BCUT2D eigenvalue weighted by Crippen LogP contribution is 2.28. The summed E-state index contributed by atoms with van der Waals surface area (Å²) in [5.41, 5.74) is 2.82. The molecule has 0 bridgehead atoms.